The molecule has 0 aliphatic carbocycles. The fourth-order valence-electron chi connectivity index (χ4n) is 1.45. The number of sulfone groups is 1. The first-order valence-electron chi connectivity index (χ1n) is 7.71. The minimum Gasteiger partial charge on any atom is -0.380 e. The summed E-state index contributed by atoms with van der Waals surface area (Å²) >= 11 is 0. The van der Waals surface area contributed by atoms with Crippen molar-refractivity contribution >= 4 is 15.8 Å². The van der Waals surface area contributed by atoms with Gasteiger partial charge in [0.2, 0.25) is 0 Å². The maximum atomic E-state index is 11.4. The molecule has 0 aliphatic rings. The van der Waals surface area contributed by atoms with E-state index in [-0.39, 0.29) is 11.5 Å². The number of nitrogens with zero attached hydrogens (tertiary/aromatic N) is 1. The van der Waals surface area contributed by atoms with Gasteiger partial charge >= 0.3 is 0 Å². The van der Waals surface area contributed by atoms with Gasteiger partial charge in [0.25, 0.3) is 0 Å². The van der Waals surface area contributed by atoms with Crippen LogP contribution < -0.4 is 10.6 Å². The van der Waals surface area contributed by atoms with E-state index in [2.05, 4.69) is 29.5 Å². The summed E-state index contributed by atoms with van der Waals surface area (Å²) in [6.07, 6.45) is 1.05. The normalized spacial score (nSPS) is 12.7. The van der Waals surface area contributed by atoms with Crippen LogP contribution in [-0.4, -0.2) is 58.7 Å². The molecule has 2 N–H and O–H groups in total. The molecule has 0 heterocycles. The lowest BCUT2D eigenvalue weighted by atomic mass is 10.1. The number of ether oxygens (including phenoxy) is 1. The van der Waals surface area contributed by atoms with E-state index in [1.54, 1.807) is 6.92 Å². The molecule has 7 heteroatoms. The lowest BCUT2D eigenvalue weighted by Crippen LogP contribution is -2.40. The molecule has 0 aromatic rings. The molecular formula is C14H31N3O3S. The van der Waals surface area contributed by atoms with Gasteiger partial charge in [-0.3, -0.25) is 4.99 Å². The van der Waals surface area contributed by atoms with Gasteiger partial charge in [-0.2, -0.15) is 0 Å². The Hall–Kier alpha value is -0.820. The Bertz CT molecular complexity index is 381. The van der Waals surface area contributed by atoms with Crippen molar-refractivity contribution < 1.29 is 13.2 Å². The van der Waals surface area contributed by atoms with Gasteiger partial charge in [0.15, 0.2) is 15.8 Å². The molecule has 0 radical (unpaired) electrons. The molecule has 21 heavy (non-hydrogen) atoms. The van der Waals surface area contributed by atoms with Crippen molar-refractivity contribution in [2.45, 2.75) is 34.1 Å². The first kappa shape index (κ1) is 20.2. The van der Waals surface area contributed by atoms with E-state index in [0.29, 0.717) is 31.6 Å². The fraction of sp³-hybridized carbons (Fsp3) is 0.929. The molecule has 0 saturated carbocycles. The van der Waals surface area contributed by atoms with Crippen LogP contribution in [-0.2, 0) is 14.6 Å². The Morgan fingerprint density at radius 3 is 2.48 bits per heavy atom. The van der Waals surface area contributed by atoms with Crippen LogP contribution in [0.25, 0.3) is 0 Å². The molecule has 6 nitrogen and oxygen atoms in total. The molecule has 126 valence electrons. The summed E-state index contributed by atoms with van der Waals surface area (Å²) in [5.41, 5.74) is 0. The summed E-state index contributed by atoms with van der Waals surface area (Å²) in [6, 6.07) is 0. The summed E-state index contributed by atoms with van der Waals surface area (Å²) < 4.78 is 28.3. The molecule has 0 saturated heterocycles. The van der Waals surface area contributed by atoms with Crippen molar-refractivity contribution in [1.82, 2.24) is 10.6 Å². The topological polar surface area (TPSA) is 79.8 Å². The molecule has 0 spiro atoms. The van der Waals surface area contributed by atoms with Crippen LogP contribution >= 0.6 is 0 Å². The summed E-state index contributed by atoms with van der Waals surface area (Å²) in [7, 11) is -2.94. The van der Waals surface area contributed by atoms with E-state index in [0.717, 1.165) is 19.6 Å². The first-order valence-corrected chi connectivity index (χ1v) is 9.53. The van der Waals surface area contributed by atoms with E-state index >= 15 is 0 Å². The van der Waals surface area contributed by atoms with Gasteiger partial charge in [0.1, 0.15) is 0 Å². The standard InChI is InChI=1S/C14H31N3O3S/c1-5-15-14(17-9-12-21(18,19)6-2)16-8-11-20-10-7-13(3)4/h13H,5-12H2,1-4H3,(H2,15,16,17). The highest BCUT2D eigenvalue weighted by Gasteiger charge is 2.07. The summed E-state index contributed by atoms with van der Waals surface area (Å²) in [5.74, 6) is 1.58. The van der Waals surface area contributed by atoms with E-state index < -0.39 is 9.84 Å². The van der Waals surface area contributed by atoms with Gasteiger partial charge in [0, 0.05) is 25.4 Å². The maximum absolute atomic E-state index is 11.4. The van der Waals surface area contributed by atoms with Crippen molar-refractivity contribution in [1.29, 1.82) is 0 Å². The molecule has 0 fully saturated rings. The monoisotopic (exact) mass is 321 g/mol. The third kappa shape index (κ3) is 12.6. The van der Waals surface area contributed by atoms with Crippen LogP contribution in [0.5, 0.6) is 0 Å². The SMILES string of the molecule is CCNC(=NCCOCCC(C)C)NCCS(=O)(=O)CC. The molecular weight excluding hydrogens is 290 g/mol. The molecule has 0 atom stereocenters. The molecule has 0 amide bonds. The van der Waals surface area contributed by atoms with Crippen LogP contribution in [0.15, 0.2) is 4.99 Å². The predicted octanol–water partition coefficient (Wildman–Crippen LogP) is 1.04. The molecule has 0 bridgehead atoms. The van der Waals surface area contributed by atoms with Crippen molar-refractivity contribution in [2.75, 3.05) is 44.4 Å². The van der Waals surface area contributed by atoms with Crippen LogP contribution in [0.2, 0.25) is 0 Å². The number of guanidine groups is 1. The highest BCUT2D eigenvalue weighted by Crippen LogP contribution is 1.98. The Morgan fingerprint density at radius 2 is 1.90 bits per heavy atom. The molecule has 0 aromatic heterocycles. The smallest absolute Gasteiger partial charge is 0.191 e. The van der Waals surface area contributed by atoms with Crippen LogP contribution in [0, 0.1) is 5.92 Å². The van der Waals surface area contributed by atoms with Crippen LogP contribution in [0.3, 0.4) is 0 Å². The third-order valence-electron chi connectivity index (χ3n) is 2.83. The summed E-state index contributed by atoms with van der Waals surface area (Å²) in [6.45, 7) is 11.0. The molecule has 0 aromatic carbocycles. The number of hydrogen-bond acceptors (Lipinski definition) is 4. The van der Waals surface area contributed by atoms with E-state index in [1.165, 1.54) is 0 Å². The second-order valence-corrected chi connectivity index (χ2v) is 7.69. The minimum atomic E-state index is -2.94. The molecule has 0 rings (SSSR count). The Kier molecular flexibility index (Phi) is 11.3. The van der Waals surface area contributed by atoms with E-state index in [9.17, 15) is 8.42 Å². The zero-order valence-corrected chi connectivity index (χ0v) is 14.6. The van der Waals surface area contributed by atoms with Gasteiger partial charge in [-0.1, -0.05) is 20.8 Å². The largest absolute Gasteiger partial charge is 0.380 e. The average Bonchev–Trinajstić information content (AvgIpc) is 2.42. The Labute approximate surface area is 129 Å². The summed E-state index contributed by atoms with van der Waals surface area (Å²) in [5, 5.41) is 6.11. The molecule has 0 unspecified atom stereocenters. The Morgan fingerprint density at radius 1 is 1.19 bits per heavy atom. The van der Waals surface area contributed by atoms with Crippen molar-refractivity contribution in [3.8, 4) is 0 Å². The zero-order chi connectivity index (χ0) is 16.1. The minimum absolute atomic E-state index is 0.124. The van der Waals surface area contributed by atoms with Gasteiger partial charge in [-0.05, 0) is 19.3 Å². The lowest BCUT2D eigenvalue weighted by Gasteiger charge is -2.11. The number of hydrogen-bond donors (Lipinski definition) is 2. The van der Waals surface area contributed by atoms with Crippen molar-refractivity contribution in [3.63, 3.8) is 0 Å². The molecule has 0 aliphatic heterocycles. The third-order valence-corrected chi connectivity index (χ3v) is 4.54. The van der Waals surface area contributed by atoms with E-state index in [1.807, 2.05) is 6.92 Å². The van der Waals surface area contributed by atoms with Gasteiger partial charge in [0.05, 0.1) is 18.9 Å². The predicted molar refractivity (Wildman–Crippen MR) is 88.6 cm³/mol. The fourth-order valence-corrected chi connectivity index (χ4v) is 2.16. The first-order chi connectivity index (χ1) is 9.91. The number of nitrogens with one attached hydrogen (secondary N) is 2. The van der Waals surface area contributed by atoms with Crippen LogP contribution in [0.1, 0.15) is 34.1 Å². The van der Waals surface area contributed by atoms with E-state index in [4.69, 9.17) is 4.74 Å². The summed E-state index contributed by atoms with van der Waals surface area (Å²) in [4.78, 5) is 4.35. The second-order valence-electron chi connectivity index (χ2n) is 5.22. The van der Waals surface area contributed by atoms with Gasteiger partial charge in [-0.25, -0.2) is 8.42 Å². The average molecular weight is 321 g/mol. The van der Waals surface area contributed by atoms with Crippen molar-refractivity contribution in [3.05, 3.63) is 0 Å². The lowest BCUT2D eigenvalue weighted by molar-refractivity contribution is 0.130. The number of rotatable bonds is 11. The quantitative estimate of drug-likeness (QED) is 0.338. The van der Waals surface area contributed by atoms with Gasteiger partial charge < -0.3 is 15.4 Å². The second kappa shape index (κ2) is 11.8. The highest BCUT2D eigenvalue weighted by molar-refractivity contribution is 7.91. The van der Waals surface area contributed by atoms with Crippen molar-refractivity contribution in [2.24, 2.45) is 10.9 Å². The van der Waals surface area contributed by atoms with Gasteiger partial charge in [-0.15, -0.1) is 0 Å². The zero-order valence-electron chi connectivity index (χ0n) is 13.8. The Balaban J connectivity index is 3.96. The maximum Gasteiger partial charge on any atom is 0.191 e. The highest BCUT2D eigenvalue weighted by atomic mass is 32.2. The van der Waals surface area contributed by atoms with Crippen LogP contribution in [0.4, 0.5) is 0 Å². The number of aliphatic imine (C=N–C) groups is 1.